The number of aromatic nitrogens is 2. The van der Waals surface area contributed by atoms with Crippen molar-refractivity contribution in [1.82, 2.24) is 14.7 Å². The molecule has 8 heteroatoms. The van der Waals surface area contributed by atoms with Gasteiger partial charge in [0, 0.05) is 24.6 Å². The second-order valence-electron chi connectivity index (χ2n) is 4.96. The molecular formula is C12H21N5O2S. The van der Waals surface area contributed by atoms with Gasteiger partial charge in [-0.1, -0.05) is 6.92 Å². The summed E-state index contributed by atoms with van der Waals surface area (Å²) in [5, 5.41) is 3.04. The van der Waals surface area contributed by atoms with E-state index in [1.54, 1.807) is 6.92 Å². The maximum atomic E-state index is 11.5. The first-order valence-corrected chi connectivity index (χ1v) is 8.43. The molecule has 1 heterocycles. The summed E-state index contributed by atoms with van der Waals surface area (Å²) >= 11 is 0. The first kappa shape index (κ1) is 15.0. The number of sulfonamides is 1. The average molecular weight is 299 g/mol. The minimum absolute atomic E-state index is 0.00293. The van der Waals surface area contributed by atoms with E-state index in [0.29, 0.717) is 24.1 Å². The molecule has 4 N–H and O–H groups in total. The molecule has 112 valence electrons. The van der Waals surface area contributed by atoms with Crippen LogP contribution in [0.15, 0.2) is 0 Å². The highest BCUT2D eigenvalue weighted by atomic mass is 32.2. The van der Waals surface area contributed by atoms with Crippen LogP contribution in [0.5, 0.6) is 0 Å². The van der Waals surface area contributed by atoms with Gasteiger partial charge in [0.05, 0.1) is 5.75 Å². The van der Waals surface area contributed by atoms with E-state index in [9.17, 15) is 8.42 Å². The summed E-state index contributed by atoms with van der Waals surface area (Å²) in [6.07, 6.45) is 2.19. The fraction of sp³-hybridized carbons (Fsp3) is 0.667. The van der Waals surface area contributed by atoms with Crippen molar-refractivity contribution in [3.63, 3.8) is 0 Å². The summed E-state index contributed by atoms with van der Waals surface area (Å²) < 4.78 is 25.5. The molecular weight excluding hydrogens is 278 g/mol. The second kappa shape index (κ2) is 5.92. The molecule has 0 spiro atoms. The summed E-state index contributed by atoms with van der Waals surface area (Å²) in [6.45, 7) is 4.26. The molecule has 0 bridgehead atoms. The molecule has 0 amide bonds. The van der Waals surface area contributed by atoms with Crippen molar-refractivity contribution < 1.29 is 8.42 Å². The zero-order valence-corrected chi connectivity index (χ0v) is 12.6. The minimum Gasteiger partial charge on any atom is -0.383 e. The highest BCUT2D eigenvalue weighted by Gasteiger charge is 2.27. The van der Waals surface area contributed by atoms with Crippen LogP contribution >= 0.6 is 0 Å². The maximum absolute atomic E-state index is 11.5. The maximum Gasteiger partial charge on any atom is 0.213 e. The first-order chi connectivity index (χ1) is 9.43. The Balaban J connectivity index is 2.02. The Bertz CT molecular complexity index is 584. The van der Waals surface area contributed by atoms with E-state index < -0.39 is 10.0 Å². The largest absolute Gasteiger partial charge is 0.383 e. The van der Waals surface area contributed by atoms with Gasteiger partial charge < -0.3 is 11.1 Å². The molecule has 1 saturated carbocycles. The van der Waals surface area contributed by atoms with E-state index in [4.69, 9.17) is 5.73 Å². The number of anilines is 2. The van der Waals surface area contributed by atoms with E-state index >= 15 is 0 Å². The Kier molecular flexibility index (Phi) is 4.44. The lowest BCUT2D eigenvalue weighted by atomic mass is 10.3. The highest BCUT2D eigenvalue weighted by Crippen LogP contribution is 2.39. The third kappa shape index (κ3) is 3.80. The van der Waals surface area contributed by atoms with Crippen molar-refractivity contribution in [3.8, 4) is 0 Å². The van der Waals surface area contributed by atoms with Gasteiger partial charge in [-0.2, -0.15) is 0 Å². The Morgan fingerprint density at radius 3 is 2.65 bits per heavy atom. The zero-order chi connectivity index (χ0) is 14.8. The van der Waals surface area contributed by atoms with Crippen molar-refractivity contribution in [3.05, 3.63) is 11.4 Å². The van der Waals surface area contributed by atoms with Crippen LogP contribution in [0.3, 0.4) is 0 Å². The van der Waals surface area contributed by atoms with Gasteiger partial charge in [0.15, 0.2) is 0 Å². The topological polar surface area (TPSA) is 110 Å². The molecule has 1 aromatic rings. The van der Waals surface area contributed by atoms with Crippen LogP contribution in [0.25, 0.3) is 0 Å². The summed E-state index contributed by atoms with van der Waals surface area (Å²) in [5.41, 5.74) is 6.63. The van der Waals surface area contributed by atoms with Gasteiger partial charge in [0.1, 0.15) is 17.5 Å². The normalized spacial score (nSPS) is 15.3. The standard InChI is InChI=1S/C12H21N5O2S/c1-3-15-20(18,19)7-6-14-11-8(2)10(13)16-12(17-11)9-4-5-9/h9,15H,3-7H2,1-2H3,(H3,13,14,16,17). The average Bonchev–Trinajstić information content (AvgIpc) is 3.18. The van der Waals surface area contributed by atoms with Crippen molar-refractivity contribution in [2.45, 2.75) is 32.6 Å². The highest BCUT2D eigenvalue weighted by molar-refractivity contribution is 7.89. The molecule has 0 saturated heterocycles. The fourth-order valence-electron chi connectivity index (χ4n) is 1.84. The SMILES string of the molecule is CCNS(=O)(=O)CCNc1nc(C2CC2)nc(N)c1C. The smallest absolute Gasteiger partial charge is 0.213 e. The molecule has 1 aliphatic rings. The van der Waals surface area contributed by atoms with E-state index in [1.807, 2.05) is 6.92 Å². The summed E-state index contributed by atoms with van der Waals surface area (Å²) in [6, 6.07) is 0. The molecule has 0 unspecified atom stereocenters. The van der Waals surface area contributed by atoms with Crippen molar-refractivity contribution in [2.24, 2.45) is 0 Å². The van der Waals surface area contributed by atoms with E-state index in [-0.39, 0.29) is 12.3 Å². The van der Waals surface area contributed by atoms with Gasteiger partial charge in [0.2, 0.25) is 10.0 Å². The lowest BCUT2D eigenvalue weighted by molar-refractivity contribution is 0.584. The van der Waals surface area contributed by atoms with Crippen LogP contribution in [0.1, 0.15) is 37.1 Å². The van der Waals surface area contributed by atoms with Crippen LogP contribution in [-0.2, 0) is 10.0 Å². The Hall–Kier alpha value is -1.41. The van der Waals surface area contributed by atoms with E-state index in [1.165, 1.54) is 0 Å². The third-order valence-corrected chi connectivity index (χ3v) is 4.64. The molecule has 1 fully saturated rings. The number of nitrogens with one attached hydrogen (secondary N) is 2. The number of hydrogen-bond donors (Lipinski definition) is 3. The minimum atomic E-state index is -3.23. The van der Waals surface area contributed by atoms with Crippen LogP contribution in [0, 0.1) is 6.92 Å². The van der Waals surface area contributed by atoms with Crippen LogP contribution in [0.4, 0.5) is 11.6 Å². The number of nitrogens with two attached hydrogens (primary N) is 1. The predicted octanol–water partition coefficient (Wildman–Crippen LogP) is 0.596. The molecule has 1 aliphatic carbocycles. The van der Waals surface area contributed by atoms with Gasteiger partial charge in [0.25, 0.3) is 0 Å². The molecule has 0 atom stereocenters. The van der Waals surface area contributed by atoms with E-state index in [0.717, 1.165) is 24.2 Å². The molecule has 20 heavy (non-hydrogen) atoms. The lowest BCUT2D eigenvalue weighted by Gasteiger charge is -2.12. The van der Waals surface area contributed by atoms with Gasteiger partial charge in [-0.3, -0.25) is 0 Å². The van der Waals surface area contributed by atoms with Crippen molar-refractivity contribution in [1.29, 1.82) is 0 Å². The number of rotatable bonds is 7. The number of nitrogen functional groups attached to an aromatic ring is 1. The second-order valence-corrected chi connectivity index (χ2v) is 6.88. The number of hydrogen-bond acceptors (Lipinski definition) is 6. The summed E-state index contributed by atoms with van der Waals surface area (Å²) in [5.74, 6) is 2.25. The van der Waals surface area contributed by atoms with Crippen LogP contribution in [-0.4, -0.2) is 37.2 Å². The van der Waals surface area contributed by atoms with E-state index in [2.05, 4.69) is 20.0 Å². The summed E-state index contributed by atoms with van der Waals surface area (Å²) in [7, 11) is -3.23. The quantitative estimate of drug-likeness (QED) is 0.680. The molecule has 0 aliphatic heterocycles. The Labute approximate surface area is 119 Å². The fourth-order valence-corrected chi connectivity index (χ4v) is 2.80. The molecule has 0 radical (unpaired) electrons. The molecule has 0 aromatic carbocycles. The van der Waals surface area contributed by atoms with Gasteiger partial charge in [-0.05, 0) is 19.8 Å². The van der Waals surface area contributed by atoms with Gasteiger partial charge in [-0.15, -0.1) is 0 Å². The van der Waals surface area contributed by atoms with Crippen molar-refractivity contribution >= 4 is 21.7 Å². The number of nitrogens with zero attached hydrogens (tertiary/aromatic N) is 2. The first-order valence-electron chi connectivity index (χ1n) is 6.78. The van der Waals surface area contributed by atoms with Crippen LogP contribution in [0.2, 0.25) is 0 Å². The Morgan fingerprint density at radius 2 is 2.05 bits per heavy atom. The van der Waals surface area contributed by atoms with Gasteiger partial charge in [-0.25, -0.2) is 23.1 Å². The Morgan fingerprint density at radius 1 is 1.35 bits per heavy atom. The van der Waals surface area contributed by atoms with Crippen LogP contribution < -0.4 is 15.8 Å². The lowest BCUT2D eigenvalue weighted by Crippen LogP contribution is -2.29. The monoisotopic (exact) mass is 299 g/mol. The zero-order valence-electron chi connectivity index (χ0n) is 11.8. The van der Waals surface area contributed by atoms with Crippen molar-refractivity contribution in [2.75, 3.05) is 29.9 Å². The molecule has 2 rings (SSSR count). The molecule has 1 aromatic heterocycles. The van der Waals surface area contributed by atoms with Gasteiger partial charge >= 0.3 is 0 Å². The summed E-state index contributed by atoms with van der Waals surface area (Å²) in [4.78, 5) is 8.72. The predicted molar refractivity (Wildman–Crippen MR) is 79.1 cm³/mol. The molecule has 7 nitrogen and oxygen atoms in total. The third-order valence-electron chi connectivity index (χ3n) is 3.17.